The van der Waals surface area contributed by atoms with E-state index in [9.17, 15) is 9.90 Å². The van der Waals surface area contributed by atoms with Crippen LogP contribution < -0.4 is 10.6 Å². The predicted molar refractivity (Wildman–Crippen MR) is 63.2 cm³/mol. The SMILES string of the molecule is CC(C)(O)CN1C(=O)Cc2cc(N)ccc21. The zero-order valence-electron chi connectivity index (χ0n) is 9.53. The van der Waals surface area contributed by atoms with Gasteiger partial charge < -0.3 is 15.7 Å². The first kappa shape index (κ1) is 11.0. The van der Waals surface area contributed by atoms with Gasteiger partial charge >= 0.3 is 0 Å². The van der Waals surface area contributed by atoms with Crippen molar-refractivity contribution in [2.75, 3.05) is 17.2 Å². The largest absolute Gasteiger partial charge is 0.399 e. The van der Waals surface area contributed by atoms with Crippen molar-refractivity contribution in [3.8, 4) is 0 Å². The van der Waals surface area contributed by atoms with Gasteiger partial charge in [-0.25, -0.2) is 0 Å². The third kappa shape index (κ3) is 2.02. The van der Waals surface area contributed by atoms with E-state index < -0.39 is 5.60 Å². The van der Waals surface area contributed by atoms with Gasteiger partial charge in [0.15, 0.2) is 0 Å². The lowest BCUT2D eigenvalue weighted by Gasteiger charge is -2.25. The Balaban J connectivity index is 2.33. The summed E-state index contributed by atoms with van der Waals surface area (Å²) in [5, 5.41) is 9.76. The molecule has 1 heterocycles. The van der Waals surface area contributed by atoms with Gasteiger partial charge in [0.05, 0.1) is 18.6 Å². The molecule has 0 radical (unpaired) electrons. The Labute approximate surface area is 94.7 Å². The average molecular weight is 220 g/mol. The molecule has 16 heavy (non-hydrogen) atoms. The molecule has 1 aliphatic rings. The van der Waals surface area contributed by atoms with Crippen molar-refractivity contribution in [3.63, 3.8) is 0 Å². The number of benzene rings is 1. The third-order valence-corrected chi connectivity index (χ3v) is 2.58. The summed E-state index contributed by atoms with van der Waals surface area (Å²) in [5.41, 5.74) is 7.24. The van der Waals surface area contributed by atoms with Crippen molar-refractivity contribution in [2.45, 2.75) is 25.9 Å². The lowest BCUT2D eigenvalue weighted by molar-refractivity contribution is -0.118. The number of anilines is 2. The molecule has 0 atom stereocenters. The van der Waals surface area contributed by atoms with Crippen molar-refractivity contribution in [2.24, 2.45) is 0 Å². The first-order chi connectivity index (χ1) is 7.37. The summed E-state index contributed by atoms with van der Waals surface area (Å²) in [6.45, 7) is 3.69. The maximum absolute atomic E-state index is 11.8. The molecule has 1 amide bonds. The first-order valence-corrected chi connectivity index (χ1v) is 5.28. The van der Waals surface area contributed by atoms with E-state index in [4.69, 9.17) is 5.73 Å². The van der Waals surface area contributed by atoms with Gasteiger partial charge in [0.1, 0.15) is 0 Å². The number of carbonyl (C=O) groups excluding carboxylic acids is 1. The highest BCUT2D eigenvalue weighted by molar-refractivity contribution is 6.01. The molecule has 86 valence electrons. The molecular weight excluding hydrogens is 204 g/mol. The Kier molecular flexibility index (Phi) is 2.39. The molecule has 4 nitrogen and oxygen atoms in total. The monoisotopic (exact) mass is 220 g/mol. The minimum absolute atomic E-state index is 0.0164. The highest BCUT2D eigenvalue weighted by Crippen LogP contribution is 2.31. The fourth-order valence-corrected chi connectivity index (χ4v) is 1.96. The third-order valence-electron chi connectivity index (χ3n) is 2.58. The second-order valence-corrected chi connectivity index (χ2v) is 4.86. The van der Waals surface area contributed by atoms with Crippen LogP contribution in [0.4, 0.5) is 11.4 Å². The van der Waals surface area contributed by atoms with Crippen LogP contribution in [0.2, 0.25) is 0 Å². The Bertz CT molecular complexity index is 435. The number of hydrogen-bond acceptors (Lipinski definition) is 3. The van der Waals surface area contributed by atoms with Crippen molar-refractivity contribution in [1.82, 2.24) is 0 Å². The number of aliphatic hydroxyl groups is 1. The van der Waals surface area contributed by atoms with Gasteiger partial charge in [-0.1, -0.05) is 0 Å². The van der Waals surface area contributed by atoms with Gasteiger partial charge in [-0.2, -0.15) is 0 Å². The Hall–Kier alpha value is -1.55. The predicted octanol–water partition coefficient (Wildman–Crippen LogP) is 0.929. The quantitative estimate of drug-likeness (QED) is 0.729. The smallest absolute Gasteiger partial charge is 0.231 e. The molecule has 3 N–H and O–H groups in total. The van der Waals surface area contributed by atoms with E-state index in [-0.39, 0.29) is 5.91 Å². The number of nitrogens with two attached hydrogens (primary N) is 1. The summed E-state index contributed by atoms with van der Waals surface area (Å²) in [5.74, 6) is 0.0164. The van der Waals surface area contributed by atoms with E-state index >= 15 is 0 Å². The van der Waals surface area contributed by atoms with Crippen molar-refractivity contribution in [3.05, 3.63) is 23.8 Å². The zero-order valence-corrected chi connectivity index (χ0v) is 9.53. The van der Waals surface area contributed by atoms with Gasteiger partial charge in [0.2, 0.25) is 5.91 Å². The van der Waals surface area contributed by atoms with Crippen LogP contribution in [-0.2, 0) is 11.2 Å². The van der Waals surface area contributed by atoms with Gasteiger partial charge in [-0.05, 0) is 37.6 Å². The summed E-state index contributed by atoms with van der Waals surface area (Å²) in [4.78, 5) is 13.4. The maximum Gasteiger partial charge on any atom is 0.231 e. The molecule has 0 bridgehead atoms. The van der Waals surface area contributed by atoms with Crippen molar-refractivity contribution in [1.29, 1.82) is 0 Å². The van der Waals surface area contributed by atoms with Gasteiger partial charge in [0, 0.05) is 11.4 Å². The molecule has 1 aliphatic heterocycles. The van der Waals surface area contributed by atoms with Crippen molar-refractivity contribution >= 4 is 17.3 Å². The van der Waals surface area contributed by atoms with Crippen LogP contribution in [0.25, 0.3) is 0 Å². The van der Waals surface area contributed by atoms with Crippen LogP contribution >= 0.6 is 0 Å². The highest BCUT2D eigenvalue weighted by Gasteiger charge is 2.30. The van der Waals surface area contributed by atoms with Crippen LogP contribution in [-0.4, -0.2) is 23.2 Å². The number of amides is 1. The van der Waals surface area contributed by atoms with E-state index in [2.05, 4.69) is 0 Å². The summed E-state index contributed by atoms with van der Waals surface area (Å²) >= 11 is 0. The summed E-state index contributed by atoms with van der Waals surface area (Å²) in [6, 6.07) is 5.42. The van der Waals surface area contributed by atoms with Crippen molar-refractivity contribution < 1.29 is 9.90 Å². The number of fused-ring (bicyclic) bond motifs is 1. The highest BCUT2D eigenvalue weighted by atomic mass is 16.3. The van der Waals surface area contributed by atoms with Crippen LogP contribution in [0.3, 0.4) is 0 Å². The molecular formula is C12H16N2O2. The normalized spacial score (nSPS) is 15.4. The summed E-state index contributed by atoms with van der Waals surface area (Å²) in [6.07, 6.45) is 0.371. The van der Waals surface area contributed by atoms with Crippen LogP contribution in [0.1, 0.15) is 19.4 Å². The molecule has 1 aromatic carbocycles. The average Bonchev–Trinajstić information content (AvgIpc) is 2.40. The van der Waals surface area contributed by atoms with E-state index in [0.29, 0.717) is 18.7 Å². The second kappa shape index (κ2) is 3.49. The lowest BCUT2D eigenvalue weighted by atomic mass is 10.1. The van der Waals surface area contributed by atoms with E-state index in [0.717, 1.165) is 11.3 Å². The second-order valence-electron chi connectivity index (χ2n) is 4.86. The fraction of sp³-hybridized carbons (Fsp3) is 0.417. The number of β-amino-alcohol motifs (C(OH)–C–C–N with tert-alkyl or cyclic N) is 1. The number of carbonyl (C=O) groups is 1. The molecule has 0 spiro atoms. The van der Waals surface area contributed by atoms with E-state index in [1.54, 1.807) is 24.8 Å². The van der Waals surface area contributed by atoms with E-state index in [1.807, 2.05) is 12.1 Å². The molecule has 4 heteroatoms. The standard InChI is InChI=1S/C12H16N2O2/c1-12(2,16)7-14-10-4-3-9(13)5-8(10)6-11(14)15/h3-5,16H,6-7,13H2,1-2H3. The maximum atomic E-state index is 11.8. The number of nitrogen functional groups attached to an aromatic ring is 1. The summed E-state index contributed by atoms with van der Waals surface area (Å²) in [7, 11) is 0. The Morgan fingerprint density at radius 3 is 2.81 bits per heavy atom. The molecule has 0 saturated heterocycles. The first-order valence-electron chi connectivity index (χ1n) is 5.28. The zero-order chi connectivity index (χ0) is 11.9. The van der Waals surface area contributed by atoms with Gasteiger partial charge in [0.25, 0.3) is 0 Å². The molecule has 2 rings (SSSR count). The molecule has 0 unspecified atom stereocenters. The summed E-state index contributed by atoms with van der Waals surface area (Å²) < 4.78 is 0. The molecule has 1 aromatic rings. The minimum Gasteiger partial charge on any atom is -0.399 e. The van der Waals surface area contributed by atoms with E-state index in [1.165, 1.54) is 0 Å². The van der Waals surface area contributed by atoms with Crippen LogP contribution in [0.15, 0.2) is 18.2 Å². The minimum atomic E-state index is -0.890. The number of hydrogen-bond donors (Lipinski definition) is 2. The molecule has 0 saturated carbocycles. The number of rotatable bonds is 2. The van der Waals surface area contributed by atoms with Gasteiger partial charge in [-0.15, -0.1) is 0 Å². The Morgan fingerprint density at radius 2 is 2.19 bits per heavy atom. The van der Waals surface area contributed by atoms with Crippen LogP contribution in [0.5, 0.6) is 0 Å². The van der Waals surface area contributed by atoms with Crippen LogP contribution in [0, 0.1) is 0 Å². The topological polar surface area (TPSA) is 66.6 Å². The molecule has 0 aromatic heterocycles. The van der Waals surface area contributed by atoms with Gasteiger partial charge in [-0.3, -0.25) is 4.79 Å². The lowest BCUT2D eigenvalue weighted by Crippen LogP contribution is -2.40. The molecule has 0 aliphatic carbocycles. The molecule has 0 fully saturated rings. The Morgan fingerprint density at radius 1 is 1.50 bits per heavy atom. The number of nitrogens with zero attached hydrogens (tertiary/aromatic N) is 1. The fourth-order valence-electron chi connectivity index (χ4n) is 1.96.